The third kappa shape index (κ3) is 6.05. The van der Waals surface area contributed by atoms with E-state index in [2.05, 4.69) is 24.1 Å². The van der Waals surface area contributed by atoms with Crippen molar-refractivity contribution in [2.75, 3.05) is 26.2 Å². The van der Waals surface area contributed by atoms with E-state index in [1.807, 2.05) is 0 Å². The molecule has 1 heterocycles. The summed E-state index contributed by atoms with van der Waals surface area (Å²) < 4.78 is 5.85. The van der Waals surface area contributed by atoms with Gasteiger partial charge in [-0.3, -0.25) is 9.69 Å². The molecule has 23 heavy (non-hydrogen) atoms. The molecular formula is C16H33Cl2N3O2. The molecular weight excluding hydrogens is 337 g/mol. The van der Waals surface area contributed by atoms with Gasteiger partial charge in [0.05, 0.1) is 18.2 Å². The first kappa shape index (κ1) is 22.9. The number of rotatable bonds is 4. The van der Waals surface area contributed by atoms with Crippen LogP contribution < -0.4 is 11.1 Å². The fourth-order valence-electron chi connectivity index (χ4n) is 3.65. The Kier molecular flexibility index (Phi) is 9.39. The molecule has 2 rings (SSSR count). The zero-order valence-corrected chi connectivity index (χ0v) is 16.2. The van der Waals surface area contributed by atoms with Crippen molar-refractivity contribution in [1.82, 2.24) is 10.2 Å². The molecule has 2 aliphatic rings. The van der Waals surface area contributed by atoms with Crippen molar-refractivity contribution in [3.63, 3.8) is 0 Å². The van der Waals surface area contributed by atoms with Gasteiger partial charge in [0.1, 0.15) is 0 Å². The molecule has 0 bridgehead atoms. The fourth-order valence-corrected chi connectivity index (χ4v) is 3.65. The molecule has 5 nitrogen and oxygen atoms in total. The van der Waals surface area contributed by atoms with E-state index in [4.69, 9.17) is 10.5 Å². The Morgan fingerprint density at radius 1 is 1.26 bits per heavy atom. The highest BCUT2D eigenvalue weighted by Crippen LogP contribution is 2.35. The Hall–Kier alpha value is -0.0700. The second kappa shape index (κ2) is 9.42. The first-order valence-corrected chi connectivity index (χ1v) is 8.27. The fraction of sp³-hybridized carbons (Fsp3) is 0.938. The van der Waals surface area contributed by atoms with Gasteiger partial charge in [0.15, 0.2) is 0 Å². The lowest BCUT2D eigenvalue weighted by Crippen LogP contribution is -2.63. The van der Waals surface area contributed by atoms with E-state index in [9.17, 15) is 4.79 Å². The highest BCUT2D eigenvalue weighted by Gasteiger charge is 2.42. The van der Waals surface area contributed by atoms with E-state index >= 15 is 0 Å². The first-order valence-electron chi connectivity index (χ1n) is 8.27. The molecule has 1 saturated heterocycles. The topological polar surface area (TPSA) is 67.6 Å². The lowest BCUT2D eigenvalue weighted by molar-refractivity contribution is -0.129. The molecule has 7 heteroatoms. The molecule has 1 amide bonds. The second-order valence-corrected chi connectivity index (χ2v) is 7.32. The van der Waals surface area contributed by atoms with Crippen molar-refractivity contribution in [3.05, 3.63) is 0 Å². The molecule has 0 spiro atoms. The van der Waals surface area contributed by atoms with Gasteiger partial charge >= 0.3 is 0 Å². The number of hydrogen-bond donors (Lipinski definition) is 2. The van der Waals surface area contributed by atoms with Crippen LogP contribution in [-0.4, -0.2) is 54.2 Å². The number of carbonyl (C=O) groups is 1. The Labute approximate surface area is 152 Å². The summed E-state index contributed by atoms with van der Waals surface area (Å²) >= 11 is 0. The van der Waals surface area contributed by atoms with Gasteiger partial charge in [-0.1, -0.05) is 19.3 Å². The van der Waals surface area contributed by atoms with Crippen LogP contribution in [0, 0.1) is 0 Å². The third-order valence-electron chi connectivity index (χ3n) is 4.89. The molecule has 1 atom stereocenters. The van der Waals surface area contributed by atoms with Gasteiger partial charge in [0, 0.05) is 25.2 Å². The maximum absolute atomic E-state index is 11.9. The van der Waals surface area contributed by atoms with Crippen molar-refractivity contribution in [2.24, 2.45) is 5.73 Å². The number of nitrogens with one attached hydrogen (secondary N) is 1. The Bertz CT molecular complexity index is 372. The van der Waals surface area contributed by atoms with Crippen LogP contribution in [0.15, 0.2) is 0 Å². The molecule has 1 aliphatic carbocycles. The summed E-state index contributed by atoms with van der Waals surface area (Å²) in [5.41, 5.74) is 5.65. The Balaban J connectivity index is 0.00000242. The first-order chi connectivity index (χ1) is 9.85. The normalized spacial score (nSPS) is 24.7. The summed E-state index contributed by atoms with van der Waals surface area (Å²) in [6.45, 7) is 9.41. The largest absolute Gasteiger partial charge is 0.373 e. The number of hydrogen-bond acceptors (Lipinski definition) is 4. The molecule has 2 fully saturated rings. The summed E-state index contributed by atoms with van der Waals surface area (Å²) in [4.78, 5) is 14.4. The predicted molar refractivity (Wildman–Crippen MR) is 98.6 cm³/mol. The maximum Gasteiger partial charge on any atom is 0.236 e. The van der Waals surface area contributed by atoms with Crippen molar-refractivity contribution in [3.8, 4) is 0 Å². The number of morpholine rings is 1. The summed E-state index contributed by atoms with van der Waals surface area (Å²) in [6.07, 6.45) is 6.10. The number of amides is 1. The van der Waals surface area contributed by atoms with Crippen LogP contribution >= 0.6 is 24.8 Å². The Morgan fingerprint density at radius 3 is 2.39 bits per heavy atom. The molecule has 3 N–H and O–H groups in total. The monoisotopic (exact) mass is 369 g/mol. The van der Waals surface area contributed by atoms with Crippen LogP contribution in [0.3, 0.4) is 0 Å². The van der Waals surface area contributed by atoms with Crippen molar-refractivity contribution in [1.29, 1.82) is 0 Å². The van der Waals surface area contributed by atoms with Gasteiger partial charge in [-0.05, 0) is 33.6 Å². The molecule has 0 radical (unpaired) electrons. The number of carbonyl (C=O) groups excluding carboxylic acids is 1. The number of nitrogens with two attached hydrogens (primary N) is 1. The van der Waals surface area contributed by atoms with Crippen LogP contribution in [0.25, 0.3) is 0 Å². The van der Waals surface area contributed by atoms with Crippen molar-refractivity contribution >= 4 is 30.7 Å². The average molecular weight is 370 g/mol. The zero-order valence-electron chi connectivity index (χ0n) is 14.6. The van der Waals surface area contributed by atoms with E-state index in [0.717, 1.165) is 32.5 Å². The number of nitrogens with zero attached hydrogens (tertiary/aromatic N) is 1. The molecule has 0 aromatic rings. The van der Waals surface area contributed by atoms with Crippen LogP contribution in [0.5, 0.6) is 0 Å². The maximum atomic E-state index is 11.9. The van der Waals surface area contributed by atoms with Gasteiger partial charge in [0.25, 0.3) is 0 Å². The lowest BCUT2D eigenvalue weighted by Gasteiger charge is -2.51. The summed E-state index contributed by atoms with van der Waals surface area (Å²) in [7, 11) is 0. The summed E-state index contributed by atoms with van der Waals surface area (Å²) in [5, 5.41) is 3.07. The smallest absolute Gasteiger partial charge is 0.236 e. The average Bonchev–Trinajstić information content (AvgIpc) is 2.44. The summed E-state index contributed by atoms with van der Waals surface area (Å²) in [6, 6.07) is -0.438. The van der Waals surface area contributed by atoms with Gasteiger partial charge in [-0.15, -0.1) is 24.8 Å². The second-order valence-electron chi connectivity index (χ2n) is 7.32. The van der Waals surface area contributed by atoms with E-state index in [1.54, 1.807) is 6.92 Å². The third-order valence-corrected chi connectivity index (χ3v) is 4.89. The van der Waals surface area contributed by atoms with E-state index in [1.165, 1.54) is 19.3 Å². The number of halogens is 2. The quantitative estimate of drug-likeness (QED) is 0.796. The van der Waals surface area contributed by atoms with Crippen LogP contribution in [0.2, 0.25) is 0 Å². The number of ether oxygens (including phenoxy) is 1. The van der Waals surface area contributed by atoms with Gasteiger partial charge < -0.3 is 15.8 Å². The lowest BCUT2D eigenvalue weighted by atomic mass is 9.79. The standard InChI is InChI=1S/C16H31N3O2.2ClH/c1-13(17)14(20)18-11-16(7-5-4-6-8-16)19-9-10-21-15(2,3)12-19;;/h13H,4-12,17H2,1-3H3,(H,18,20);2*1H/t13-;;/m1../s1. The molecule has 0 aromatic heterocycles. The van der Waals surface area contributed by atoms with Gasteiger partial charge in [0.2, 0.25) is 5.91 Å². The van der Waals surface area contributed by atoms with Crippen LogP contribution in [0.4, 0.5) is 0 Å². The van der Waals surface area contributed by atoms with Crippen LogP contribution in [0.1, 0.15) is 52.9 Å². The Morgan fingerprint density at radius 2 is 1.87 bits per heavy atom. The van der Waals surface area contributed by atoms with E-state index in [-0.39, 0.29) is 41.9 Å². The minimum atomic E-state index is -0.438. The zero-order chi connectivity index (χ0) is 15.5. The summed E-state index contributed by atoms with van der Waals surface area (Å²) in [5.74, 6) is -0.0486. The predicted octanol–water partition coefficient (Wildman–Crippen LogP) is 2.11. The minimum absolute atomic E-state index is 0. The van der Waals surface area contributed by atoms with E-state index in [0.29, 0.717) is 6.54 Å². The highest BCUT2D eigenvalue weighted by molar-refractivity contribution is 5.85. The molecule has 1 aliphatic heterocycles. The SMILES string of the molecule is C[C@@H](N)C(=O)NCC1(N2CCOC(C)(C)C2)CCCCC1.Cl.Cl. The minimum Gasteiger partial charge on any atom is -0.373 e. The molecule has 0 aromatic carbocycles. The van der Waals surface area contributed by atoms with Gasteiger partial charge in [-0.2, -0.15) is 0 Å². The molecule has 138 valence electrons. The van der Waals surface area contributed by atoms with Crippen molar-refractivity contribution < 1.29 is 9.53 Å². The van der Waals surface area contributed by atoms with E-state index < -0.39 is 6.04 Å². The van der Waals surface area contributed by atoms with Gasteiger partial charge in [-0.25, -0.2) is 0 Å². The highest BCUT2D eigenvalue weighted by atomic mass is 35.5. The van der Waals surface area contributed by atoms with Crippen molar-refractivity contribution in [2.45, 2.75) is 70.1 Å². The molecule has 1 saturated carbocycles. The molecule has 0 unspecified atom stereocenters. The van der Waals surface area contributed by atoms with Crippen LogP contribution in [-0.2, 0) is 9.53 Å².